The highest BCUT2D eigenvalue weighted by Gasteiger charge is 2.23. The van der Waals surface area contributed by atoms with Crippen LogP contribution in [-0.2, 0) is 23.9 Å². The second-order valence-electron chi connectivity index (χ2n) is 7.16. The largest absolute Gasteiger partial charge is 0.466 e. The van der Waals surface area contributed by atoms with Gasteiger partial charge in [-0.05, 0) is 42.2 Å². The Kier molecular flexibility index (Phi) is 7.38. The van der Waals surface area contributed by atoms with Gasteiger partial charge in [-0.1, -0.05) is 24.3 Å². The van der Waals surface area contributed by atoms with Crippen molar-refractivity contribution < 1.29 is 28.2 Å². The maximum absolute atomic E-state index is 13.3. The van der Waals surface area contributed by atoms with Crippen molar-refractivity contribution in [2.45, 2.75) is 18.8 Å². The van der Waals surface area contributed by atoms with Crippen molar-refractivity contribution in [3.8, 4) is 0 Å². The number of carbonyl (C=O) groups excluding carboxylic acids is 3. The Morgan fingerprint density at radius 2 is 1.69 bits per heavy atom. The van der Waals surface area contributed by atoms with Crippen molar-refractivity contribution in [2.75, 3.05) is 24.9 Å². The van der Waals surface area contributed by atoms with Crippen molar-refractivity contribution in [3.63, 3.8) is 0 Å². The van der Waals surface area contributed by atoms with Gasteiger partial charge in [-0.2, -0.15) is 0 Å². The standard InChI is InChI=1S/C24H23FN2O5/c1-31-23(29)14-22(24(30)32-2)27-21-6-4-3-5-20(21)26-18-11-16(12-19(28)13-18)15-7-9-17(25)10-8-15/h3-10,13-14,16,26-27H,11-12H2,1-2H3/b22-14+. The third-order valence-corrected chi connectivity index (χ3v) is 4.95. The Balaban J connectivity index is 1.83. The number of halogens is 1. The maximum atomic E-state index is 13.3. The fraction of sp³-hybridized carbons (Fsp3) is 0.208. The molecule has 0 aliphatic heterocycles. The van der Waals surface area contributed by atoms with E-state index in [-0.39, 0.29) is 23.2 Å². The lowest BCUT2D eigenvalue weighted by atomic mass is 9.85. The summed E-state index contributed by atoms with van der Waals surface area (Å²) < 4.78 is 22.6. The number of ketones is 1. The molecule has 2 aromatic rings. The van der Waals surface area contributed by atoms with Crippen molar-refractivity contribution in [1.29, 1.82) is 0 Å². The van der Waals surface area contributed by atoms with Crippen LogP contribution in [0.25, 0.3) is 0 Å². The average molecular weight is 438 g/mol. The van der Waals surface area contributed by atoms with Crippen molar-refractivity contribution >= 4 is 29.1 Å². The van der Waals surface area contributed by atoms with Crippen LogP contribution < -0.4 is 10.6 Å². The smallest absolute Gasteiger partial charge is 0.354 e. The fourth-order valence-electron chi connectivity index (χ4n) is 3.40. The topological polar surface area (TPSA) is 93.7 Å². The molecule has 1 aliphatic rings. The second kappa shape index (κ2) is 10.4. The van der Waals surface area contributed by atoms with Crippen LogP contribution in [0.5, 0.6) is 0 Å². The van der Waals surface area contributed by atoms with Gasteiger partial charge in [0, 0.05) is 18.2 Å². The van der Waals surface area contributed by atoms with Crippen LogP contribution in [0, 0.1) is 5.82 Å². The Morgan fingerprint density at radius 3 is 2.34 bits per heavy atom. The monoisotopic (exact) mass is 438 g/mol. The molecule has 32 heavy (non-hydrogen) atoms. The van der Waals surface area contributed by atoms with Gasteiger partial charge in [-0.25, -0.2) is 14.0 Å². The van der Waals surface area contributed by atoms with E-state index in [0.717, 1.165) is 11.6 Å². The summed E-state index contributed by atoms with van der Waals surface area (Å²) in [5.74, 6) is -1.91. The Labute approximate surface area is 184 Å². The summed E-state index contributed by atoms with van der Waals surface area (Å²) in [6.07, 6.45) is 3.43. The summed E-state index contributed by atoms with van der Waals surface area (Å²) in [5, 5.41) is 6.11. The van der Waals surface area contributed by atoms with Gasteiger partial charge in [0.2, 0.25) is 0 Å². The number of benzene rings is 2. The Morgan fingerprint density at radius 1 is 1.00 bits per heavy atom. The van der Waals surface area contributed by atoms with Gasteiger partial charge < -0.3 is 20.1 Å². The van der Waals surface area contributed by atoms with E-state index in [1.807, 2.05) is 0 Å². The number of esters is 2. The summed E-state index contributed by atoms with van der Waals surface area (Å²) in [5.41, 5.74) is 2.54. The Bertz CT molecular complexity index is 1080. The van der Waals surface area contributed by atoms with E-state index < -0.39 is 11.9 Å². The van der Waals surface area contributed by atoms with Crippen LogP contribution in [0.15, 0.2) is 72.1 Å². The molecule has 1 atom stereocenters. The highest BCUT2D eigenvalue weighted by Crippen LogP contribution is 2.33. The lowest BCUT2D eigenvalue weighted by Gasteiger charge is -2.24. The SMILES string of the molecule is COC(=O)/C=C(/Nc1ccccc1NC1=CC(=O)CC(c2ccc(F)cc2)C1)C(=O)OC. The van der Waals surface area contributed by atoms with E-state index in [1.54, 1.807) is 42.5 Å². The molecule has 0 amide bonds. The van der Waals surface area contributed by atoms with Gasteiger partial charge in [0.25, 0.3) is 0 Å². The number of para-hydroxylation sites is 2. The number of allylic oxidation sites excluding steroid dienone is 2. The first-order chi connectivity index (χ1) is 15.4. The third kappa shape index (κ3) is 5.81. The highest BCUT2D eigenvalue weighted by molar-refractivity contribution is 5.99. The van der Waals surface area contributed by atoms with Crippen molar-refractivity contribution in [1.82, 2.24) is 0 Å². The van der Waals surface area contributed by atoms with Crippen LogP contribution in [0.1, 0.15) is 24.3 Å². The van der Waals surface area contributed by atoms with Crippen LogP contribution in [0.2, 0.25) is 0 Å². The highest BCUT2D eigenvalue weighted by atomic mass is 19.1. The minimum atomic E-state index is -0.742. The molecule has 8 heteroatoms. The first kappa shape index (κ1) is 22.7. The molecule has 0 radical (unpaired) electrons. The molecule has 1 unspecified atom stereocenters. The van der Waals surface area contributed by atoms with E-state index in [9.17, 15) is 18.8 Å². The predicted molar refractivity (Wildman–Crippen MR) is 117 cm³/mol. The zero-order valence-corrected chi connectivity index (χ0v) is 17.7. The predicted octanol–water partition coefficient (Wildman–Crippen LogP) is 3.91. The number of ether oxygens (including phenoxy) is 2. The number of hydrogen-bond donors (Lipinski definition) is 2. The molecular formula is C24H23FN2O5. The number of nitrogens with one attached hydrogen (secondary N) is 2. The third-order valence-electron chi connectivity index (χ3n) is 4.95. The van der Waals surface area contributed by atoms with Crippen molar-refractivity contribution in [3.05, 3.63) is 83.5 Å². The summed E-state index contributed by atoms with van der Waals surface area (Å²) >= 11 is 0. The number of anilines is 2. The molecule has 0 fully saturated rings. The molecule has 0 saturated carbocycles. The van der Waals surface area contributed by atoms with E-state index in [0.29, 0.717) is 29.9 Å². The van der Waals surface area contributed by atoms with E-state index >= 15 is 0 Å². The molecular weight excluding hydrogens is 415 g/mol. The van der Waals surface area contributed by atoms with Crippen LogP contribution in [-0.4, -0.2) is 31.9 Å². The average Bonchev–Trinajstić information content (AvgIpc) is 2.79. The summed E-state index contributed by atoms with van der Waals surface area (Å²) in [4.78, 5) is 36.0. The first-order valence-electron chi connectivity index (χ1n) is 9.89. The van der Waals surface area contributed by atoms with Gasteiger partial charge in [0.1, 0.15) is 11.5 Å². The number of hydrogen-bond acceptors (Lipinski definition) is 7. The molecule has 2 aromatic carbocycles. The van der Waals surface area contributed by atoms with Crippen molar-refractivity contribution in [2.24, 2.45) is 0 Å². The second-order valence-corrected chi connectivity index (χ2v) is 7.16. The molecule has 0 spiro atoms. The summed E-state index contributed by atoms with van der Waals surface area (Å²) in [6, 6.07) is 13.2. The van der Waals surface area contributed by atoms with Crippen LogP contribution >= 0.6 is 0 Å². The molecule has 0 aromatic heterocycles. The van der Waals surface area contributed by atoms with Gasteiger partial charge in [0.05, 0.1) is 31.7 Å². The maximum Gasteiger partial charge on any atom is 0.354 e. The number of rotatable bonds is 7. The molecule has 0 heterocycles. The zero-order chi connectivity index (χ0) is 23.1. The molecule has 166 valence electrons. The lowest BCUT2D eigenvalue weighted by Crippen LogP contribution is -2.18. The first-order valence-corrected chi connectivity index (χ1v) is 9.89. The quantitative estimate of drug-likeness (QED) is 0.500. The minimum Gasteiger partial charge on any atom is -0.466 e. The Hall–Kier alpha value is -3.94. The van der Waals surface area contributed by atoms with Gasteiger partial charge >= 0.3 is 11.9 Å². The fourth-order valence-corrected chi connectivity index (χ4v) is 3.40. The molecule has 0 saturated heterocycles. The van der Waals surface area contributed by atoms with Gasteiger partial charge in [0.15, 0.2) is 5.78 Å². The van der Waals surface area contributed by atoms with E-state index in [4.69, 9.17) is 4.74 Å². The lowest BCUT2D eigenvalue weighted by molar-refractivity contribution is -0.138. The van der Waals surface area contributed by atoms with Gasteiger partial charge in [-0.15, -0.1) is 0 Å². The van der Waals surface area contributed by atoms with Gasteiger partial charge in [-0.3, -0.25) is 4.79 Å². The number of carbonyl (C=O) groups is 3. The molecule has 2 N–H and O–H groups in total. The van der Waals surface area contributed by atoms with E-state index in [2.05, 4.69) is 15.4 Å². The van der Waals surface area contributed by atoms with Crippen LogP contribution in [0.4, 0.5) is 15.8 Å². The zero-order valence-electron chi connectivity index (χ0n) is 17.7. The van der Waals surface area contributed by atoms with Crippen LogP contribution in [0.3, 0.4) is 0 Å². The molecule has 0 bridgehead atoms. The van der Waals surface area contributed by atoms with E-state index in [1.165, 1.54) is 26.4 Å². The summed E-state index contributed by atoms with van der Waals surface area (Å²) in [7, 11) is 2.40. The minimum absolute atomic E-state index is 0.0423. The normalized spacial score (nSPS) is 16.1. The molecule has 1 aliphatic carbocycles. The summed E-state index contributed by atoms with van der Waals surface area (Å²) in [6.45, 7) is 0. The molecule has 7 nitrogen and oxygen atoms in total. The molecule has 3 rings (SSSR count). The number of methoxy groups -OCH3 is 2.